The molecule has 0 saturated carbocycles. The molecule has 26 heavy (non-hydrogen) atoms. The maximum absolute atomic E-state index is 13.0. The SMILES string of the molecule is O=C1C=C(Nc2ccc(F)cc2)C(=O)c2ncc(-c3ccccn3)nc21. The largest absolute Gasteiger partial charge is 0.352 e. The van der Waals surface area contributed by atoms with Crippen molar-refractivity contribution in [3.05, 3.63) is 83.8 Å². The summed E-state index contributed by atoms with van der Waals surface area (Å²) in [6.45, 7) is 0. The lowest BCUT2D eigenvalue weighted by molar-refractivity contribution is 0.0978. The number of nitrogens with one attached hydrogen (secondary N) is 1. The summed E-state index contributed by atoms with van der Waals surface area (Å²) in [4.78, 5) is 37.6. The first kappa shape index (κ1) is 15.8. The molecule has 1 aromatic carbocycles. The van der Waals surface area contributed by atoms with Gasteiger partial charge in [-0.1, -0.05) is 6.07 Å². The molecule has 0 atom stereocenters. The van der Waals surface area contributed by atoms with Crippen LogP contribution in [0.25, 0.3) is 11.4 Å². The van der Waals surface area contributed by atoms with Crippen molar-refractivity contribution in [3.63, 3.8) is 0 Å². The molecule has 126 valence electrons. The van der Waals surface area contributed by atoms with Crippen LogP contribution in [0, 0.1) is 5.82 Å². The fraction of sp³-hybridized carbons (Fsp3) is 0. The summed E-state index contributed by atoms with van der Waals surface area (Å²) in [6, 6.07) is 10.7. The first-order valence-electron chi connectivity index (χ1n) is 7.73. The third-order valence-corrected chi connectivity index (χ3v) is 3.79. The molecule has 6 nitrogen and oxygen atoms in total. The van der Waals surface area contributed by atoms with Crippen molar-refractivity contribution in [3.8, 4) is 11.4 Å². The summed E-state index contributed by atoms with van der Waals surface area (Å²) in [5.41, 5.74) is 1.48. The number of hydrogen-bond donors (Lipinski definition) is 1. The number of ketones is 2. The van der Waals surface area contributed by atoms with E-state index in [4.69, 9.17) is 0 Å². The van der Waals surface area contributed by atoms with Crippen LogP contribution >= 0.6 is 0 Å². The monoisotopic (exact) mass is 346 g/mol. The zero-order valence-electron chi connectivity index (χ0n) is 13.3. The number of aromatic nitrogens is 3. The van der Waals surface area contributed by atoms with Crippen LogP contribution < -0.4 is 5.32 Å². The highest BCUT2D eigenvalue weighted by Crippen LogP contribution is 2.23. The normalized spacial score (nSPS) is 13.2. The molecule has 7 heteroatoms. The van der Waals surface area contributed by atoms with Gasteiger partial charge in [0.25, 0.3) is 0 Å². The lowest BCUT2D eigenvalue weighted by Gasteiger charge is -2.15. The number of allylic oxidation sites excluding steroid dienone is 2. The molecule has 0 radical (unpaired) electrons. The van der Waals surface area contributed by atoms with Gasteiger partial charge in [0.05, 0.1) is 17.6 Å². The lowest BCUT2D eigenvalue weighted by Crippen LogP contribution is -2.24. The minimum absolute atomic E-state index is 0.0113. The van der Waals surface area contributed by atoms with Gasteiger partial charge in [-0.15, -0.1) is 0 Å². The Kier molecular flexibility index (Phi) is 3.81. The van der Waals surface area contributed by atoms with Crippen molar-refractivity contribution < 1.29 is 14.0 Å². The van der Waals surface area contributed by atoms with Gasteiger partial charge in [0.1, 0.15) is 22.9 Å². The molecule has 0 fully saturated rings. The minimum Gasteiger partial charge on any atom is -0.352 e. The zero-order chi connectivity index (χ0) is 18.1. The van der Waals surface area contributed by atoms with E-state index >= 15 is 0 Å². The van der Waals surface area contributed by atoms with Crippen LogP contribution in [0.1, 0.15) is 21.0 Å². The highest BCUT2D eigenvalue weighted by molar-refractivity contribution is 6.23. The first-order valence-corrected chi connectivity index (χ1v) is 7.73. The third-order valence-electron chi connectivity index (χ3n) is 3.79. The van der Waals surface area contributed by atoms with Crippen LogP contribution in [-0.4, -0.2) is 26.5 Å². The van der Waals surface area contributed by atoms with Gasteiger partial charge < -0.3 is 5.32 Å². The number of nitrogens with zero attached hydrogens (tertiary/aromatic N) is 3. The summed E-state index contributed by atoms with van der Waals surface area (Å²) >= 11 is 0. The molecule has 0 saturated heterocycles. The van der Waals surface area contributed by atoms with E-state index in [-0.39, 0.29) is 17.1 Å². The molecule has 4 rings (SSSR count). The topological polar surface area (TPSA) is 84.8 Å². The van der Waals surface area contributed by atoms with Crippen molar-refractivity contribution in [2.24, 2.45) is 0 Å². The Morgan fingerprint density at radius 2 is 1.69 bits per heavy atom. The number of benzene rings is 1. The third kappa shape index (κ3) is 2.86. The van der Waals surface area contributed by atoms with Gasteiger partial charge >= 0.3 is 0 Å². The number of anilines is 1. The lowest BCUT2D eigenvalue weighted by atomic mass is 10.0. The molecule has 2 heterocycles. The molecular formula is C19H11FN4O2. The van der Waals surface area contributed by atoms with Crippen molar-refractivity contribution in [2.75, 3.05) is 5.32 Å². The van der Waals surface area contributed by atoms with E-state index in [9.17, 15) is 14.0 Å². The van der Waals surface area contributed by atoms with Crippen molar-refractivity contribution >= 4 is 17.3 Å². The Hall–Kier alpha value is -3.74. The van der Waals surface area contributed by atoms with Gasteiger partial charge in [-0.2, -0.15) is 0 Å². The quantitative estimate of drug-likeness (QED) is 0.785. The maximum atomic E-state index is 13.0. The number of carbonyl (C=O) groups is 2. The fourth-order valence-electron chi connectivity index (χ4n) is 2.54. The van der Waals surface area contributed by atoms with E-state index in [0.717, 1.165) is 0 Å². The van der Waals surface area contributed by atoms with E-state index < -0.39 is 17.4 Å². The van der Waals surface area contributed by atoms with Gasteiger partial charge in [-0.05, 0) is 36.4 Å². The van der Waals surface area contributed by atoms with E-state index in [0.29, 0.717) is 17.1 Å². The predicted octanol–water partition coefficient (Wildman–Crippen LogP) is 3.05. The average Bonchev–Trinajstić information content (AvgIpc) is 2.68. The Balaban J connectivity index is 1.67. The summed E-state index contributed by atoms with van der Waals surface area (Å²) in [5.74, 6) is -1.28. The second kappa shape index (κ2) is 6.29. The number of hydrogen-bond acceptors (Lipinski definition) is 6. The summed E-state index contributed by atoms with van der Waals surface area (Å²) in [6.07, 6.45) is 4.19. The van der Waals surface area contributed by atoms with Crippen LogP contribution in [-0.2, 0) is 0 Å². The van der Waals surface area contributed by atoms with Crippen LogP contribution in [0.2, 0.25) is 0 Å². The van der Waals surface area contributed by atoms with Crippen molar-refractivity contribution in [2.45, 2.75) is 0 Å². The first-order chi connectivity index (χ1) is 12.6. The molecule has 2 aromatic heterocycles. The van der Waals surface area contributed by atoms with Crippen molar-refractivity contribution in [1.29, 1.82) is 0 Å². The minimum atomic E-state index is -0.455. The Bertz CT molecular complexity index is 1050. The highest BCUT2D eigenvalue weighted by atomic mass is 19.1. The van der Waals surface area contributed by atoms with Gasteiger partial charge in [0, 0.05) is 18.0 Å². The maximum Gasteiger partial charge on any atom is 0.229 e. The number of halogens is 1. The number of carbonyl (C=O) groups excluding carboxylic acids is 2. The Morgan fingerprint density at radius 1 is 0.885 bits per heavy atom. The van der Waals surface area contributed by atoms with E-state index in [2.05, 4.69) is 20.3 Å². The van der Waals surface area contributed by atoms with E-state index in [1.807, 2.05) is 0 Å². The average molecular weight is 346 g/mol. The number of rotatable bonds is 3. The fourth-order valence-corrected chi connectivity index (χ4v) is 2.54. The molecule has 1 aliphatic rings. The van der Waals surface area contributed by atoms with Crippen LogP contribution in [0.4, 0.5) is 10.1 Å². The standard InChI is InChI=1S/C19H11FN4O2/c20-11-4-6-12(7-5-11)23-14-9-16(25)17-18(19(14)26)22-10-15(24-17)13-3-1-2-8-21-13/h1-10,23H. The second-order valence-electron chi connectivity index (χ2n) is 5.55. The van der Waals surface area contributed by atoms with Crippen LogP contribution in [0.3, 0.4) is 0 Å². The highest BCUT2D eigenvalue weighted by Gasteiger charge is 2.29. The Morgan fingerprint density at radius 3 is 2.42 bits per heavy atom. The summed E-state index contributed by atoms with van der Waals surface area (Å²) in [7, 11) is 0. The predicted molar refractivity (Wildman–Crippen MR) is 92.0 cm³/mol. The molecule has 0 bridgehead atoms. The van der Waals surface area contributed by atoms with Gasteiger partial charge in [0.2, 0.25) is 11.6 Å². The zero-order valence-corrected chi connectivity index (χ0v) is 13.3. The Labute approximate surface area is 147 Å². The molecule has 1 N–H and O–H groups in total. The number of pyridine rings is 1. The van der Waals surface area contributed by atoms with Crippen molar-refractivity contribution in [1.82, 2.24) is 15.0 Å². The number of fused-ring (bicyclic) bond motifs is 1. The number of Topliss-reactive ketones (excluding diaryl/α,β-unsaturated/α-hetero) is 1. The molecule has 0 aliphatic heterocycles. The molecule has 0 amide bonds. The summed E-state index contributed by atoms with van der Waals surface area (Å²) in [5, 5.41) is 2.82. The van der Waals surface area contributed by atoms with Crippen LogP contribution in [0.15, 0.2) is 66.6 Å². The van der Waals surface area contributed by atoms with Gasteiger partial charge in [0.15, 0.2) is 0 Å². The molecule has 0 spiro atoms. The second-order valence-corrected chi connectivity index (χ2v) is 5.55. The summed E-state index contributed by atoms with van der Waals surface area (Å²) < 4.78 is 13.0. The van der Waals surface area contributed by atoms with Gasteiger partial charge in [-0.3, -0.25) is 14.6 Å². The molecule has 3 aromatic rings. The smallest absolute Gasteiger partial charge is 0.229 e. The van der Waals surface area contributed by atoms with Crippen LogP contribution in [0.5, 0.6) is 0 Å². The van der Waals surface area contributed by atoms with Gasteiger partial charge in [-0.25, -0.2) is 14.4 Å². The molecule has 1 aliphatic carbocycles. The molecule has 0 unspecified atom stereocenters. The molecular weight excluding hydrogens is 335 g/mol. The van der Waals surface area contributed by atoms with E-state index in [1.165, 1.54) is 36.5 Å². The van der Waals surface area contributed by atoms with E-state index in [1.54, 1.807) is 24.4 Å².